The quantitative estimate of drug-likeness (QED) is 0.290. The third-order valence-electron chi connectivity index (χ3n) is 6.65. The van der Waals surface area contributed by atoms with Gasteiger partial charge in [-0.15, -0.1) is 0 Å². The van der Waals surface area contributed by atoms with Crippen molar-refractivity contribution in [2.24, 2.45) is 17.6 Å². The minimum absolute atomic E-state index is 0.126. The molecule has 34 heavy (non-hydrogen) atoms. The van der Waals surface area contributed by atoms with Gasteiger partial charge in [-0.2, -0.15) is 0 Å². The molecule has 6 nitrogen and oxygen atoms in total. The second-order valence-corrected chi connectivity index (χ2v) is 9.28. The summed E-state index contributed by atoms with van der Waals surface area (Å²) in [6.45, 7) is 3.32. The standard InChI is InChI=1S/C28H33N3O3/c29-18-22-9-11-23(12-10-22)19-30(20-24-13-15-26(16-14-24)31(32)33)21-25-5-4-8-28(17-25)34-27-6-2-1-3-7-27/h1-8,13-17,22-23H,9-12,18-21,29H2. The lowest BCUT2D eigenvalue weighted by molar-refractivity contribution is -0.384. The second-order valence-electron chi connectivity index (χ2n) is 9.28. The van der Waals surface area contributed by atoms with Gasteiger partial charge in [-0.1, -0.05) is 42.5 Å². The van der Waals surface area contributed by atoms with Gasteiger partial charge in [0, 0.05) is 31.8 Å². The van der Waals surface area contributed by atoms with Crippen LogP contribution in [0.5, 0.6) is 11.5 Å². The number of nitrogens with two attached hydrogens (primary N) is 1. The molecular weight excluding hydrogens is 426 g/mol. The molecule has 1 fully saturated rings. The highest BCUT2D eigenvalue weighted by Gasteiger charge is 2.22. The summed E-state index contributed by atoms with van der Waals surface area (Å²) in [6.07, 6.45) is 4.81. The van der Waals surface area contributed by atoms with Gasteiger partial charge < -0.3 is 10.5 Å². The fourth-order valence-corrected chi connectivity index (χ4v) is 4.77. The third kappa shape index (κ3) is 6.89. The van der Waals surface area contributed by atoms with Gasteiger partial charge >= 0.3 is 0 Å². The zero-order valence-corrected chi connectivity index (χ0v) is 19.5. The first-order chi connectivity index (χ1) is 16.6. The van der Waals surface area contributed by atoms with Crippen molar-refractivity contribution in [1.29, 1.82) is 0 Å². The van der Waals surface area contributed by atoms with Gasteiger partial charge in [0.2, 0.25) is 0 Å². The van der Waals surface area contributed by atoms with Crippen molar-refractivity contribution < 1.29 is 9.66 Å². The number of benzene rings is 3. The molecule has 1 aliphatic carbocycles. The van der Waals surface area contributed by atoms with E-state index < -0.39 is 0 Å². The van der Waals surface area contributed by atoms with Crippen LogP contribution in [-0.4, -0.2) is 22.9 Å². The highest BCUT2D eigenvalue weighted by Crippen LogP contribution is 2.30. The molecule has 4 rings (SSSR count). The Labute approximate surface area is 201 Å². The van der Waals surface area contributed by atoms with E-state index in [-0.39, 0.29) is 10.6 Å². The summed E-state index contributed by atoms with van der Waals surface area (Å²) >= 11 is 0. The maximum Gasteiger partial charge on any atom is 0.269 e. The predicted molar refractivity (Wildman–Crippen MR) is 135 cm³/mol. The fraction of sp³-hybridized carbons (Fsp3) is 0.357. The molecule has 0 aromatic heterocycles. The third-order valence-corrected chi connectivity index (χ3v) is 6.65. The van der Waals surface area contributed by atoms with E-state index in [9.17, 15) is 10.1 Å². The molecule has 0 radical (unpaired) electrons. The molecule has 0 bridgehead atoms. The van der Waals surface area contributed by atoms with E-state index in [0.717, 1.165) is 43.2 Å². The van der Waals surface area contributed by atoms with E-state index in [1.54, 1.807) is 12.1 Å². The number of para-hydroxylation sites is 1. The minimum Gasteiger partial charge on any atom is -0.457 e. The summed E-state index contributed by atoms with van der Waals surface area (Å²) < 4.78 is 6.03. The maximum atomic E-state index is 11.0. The van der Waals surface area contributed by atoms with Gasteiger partial charge in [0.25, 0.3) is 5.69 Å². The number of non-ortho nitro benzene ring substituents is 1. The average Bonchev–Trinajstić information content (AvgIpc) is 2.86. The fourth-order valence-electron chi connectivity index (χ4n) is 4.77. The van der Waals surface area contributed by atoms with Crippen LogP contribution in [0.2, 0.25) is 0 Å². The highest BCUT2D eigenvalue weighted by molar-refractivity contribution is 5.35. The molecule has 0 unspecified atom stereocenters. The lowest BCUT2D eigenvalue weighted by atomic mass is 9.82. The number of nitrogens with zero attached hydrogens (tertiary/aromatic N) is 2. The second kappa shape index (κ2) is 11.8. The molecule has 3 aromatic rings. The molecule has 0 atom stereocenters. The first kappa shape index (κ1) is 23.9. The molecule has 6 heteroatoms. The summed E-state index contributed by atoms with van der Waals surface area (Å²) in [5.41, 5.74) is 8.28. The molecule has 2 N–H and O–H groups in total. The lowest BCUT2D eigenvalue weighted by Crippen LogP contribution is -2.32. The Bertz CT molecular complexity index is 1050. The number of hydrogen-bond donors (Lipinski definition) is 1. The predicted octanol–water partition coefficient (Wildman–Crippen LogP) is 6.15. The summed E-state index contributed by atoms with van der Waals surface area (Å²) in [7, 11) is 0. The number of hydrogen-bond acceptors (Lipinski definition) is 5. The van der Waals surface area contributed by atoms with E-state index in [4.69, 9.17) is 10.5 Å². The molecule has 1 aliphatic rings. The van der Waals surface area contributed by atoms with Crippen molar-refractivity contribution in [2.75, 3.05) is 13.1 Å². The zero-order valence-electron chi connectivity index (χ0n) is 19.5. The van der Waals surface area contributed by atoms with E-state index in [0.29, 0.717) is 11.8 Å². The largest absolute Gasteiger partial charge is 0.457 e. The van der Waals surface area contributed by atoms with Crippen molar-refractivity contribution in [2.45, 2.75) is 38.8 Å². The van der Waals surface area contributed by atoms with Crippen LogP contribution in [-0.2, 0) is 13.1 Å². The Hall–Kier alpha value is -3.22. The molecule has 0 amide bonds. The van der Waals surface area contributed by atoms with Gasteiger partial charge in [0.05, 0.1) is 4.92 Å². The number of nitro groups is 1. The van der Waals surface area contributed by atoms with Crippen LogP contribution >= 0.6 is 0 Å². The van der Waals surface area contributed by atoms with Gasteiger partial charge in [0.15, 0.2) is 0 Å². The number of rotatable bonds is 10. The van der Waals surface area contributed by atoms with Gasteiger partial charge in [-0.25, -0.2) is 0 Å². The van der Waals surface area contributed by atoms with E-state index in [1.807, 2.05) is 54.6 Å². The van der Waals surface area contributed by atoms with Crippen LogP contribution in [0.25, 0.3) is 0 Å². The van der Waals surface area contributed by atoms with E-state index in [2.05, 4.69) is 17.0 Å². The van der Waals surface area contributed by atoms with Crippen LogP contribution in [0.3, 0.4) is 0 Å². The monoisotopic (exact) mass is 459 g/mol. The first-order valence-electron chi connectivity index (χ1n) is 12.1. The normalized spacial score (nSPS) is 18.1. The van der Waals surface area contributed by atoms with Gasteiger partial charge in [-0.3, -0.25) is 15.0 Å². The molecule has 0 aliphatic heterocycles. The van der Waals surface area contributed by atoms with Crippen molar-refractivity contribution >= 4 is 5.69 Å². The molecule has 0 spiro atoms. The maximum absolute atomic E-state index is 11.0. The summed E-state index contributed by atoms with van der Waals surface area (Å²) in [4.78, 5) is 13.1. The van der Waals surface area contributed by atoms with E-state index in [1.165, 1.54) is 31.2 Å². The van der Waals surface area contributed by atoms with Crippen LogP contribution < -0.4 is 10.5 Å². The molecular formula is C28H33N3O3. The lowest BCUT2D eigenvalue weighted by Gasteiger charge is -2.32. The first-order valence-corrected chi connectivity index (χ1v) is 12.1. The van der Waals surface area contributed by atoms with Crippen LogP contribution in [0.4, 0.5) is 5.69 Å². The Morgan fingerprint density at radius 1 is 0.824 bits per heavy atom. The molecule has 3 aromatic carbocycles. The summed E-state index contributed by atoms with van der Waals surface area (Å²) in [6, 6.07) is 25.0. The molecule has 0 heterocycles. The molecule has 1 saturated carbocycles. The van der Waals surface area contributed by atoms with Crippen molar-refractivity contribution in [3.8, 4) is 11.5 Å². The van der Waals surface area contributed by atoms with Crippen molar-refractivity contribution in [3.05, 3.63) is 100 Å². The minimum atomic E-state index is -0.352. The summed E-state index contributed by atoms with van der Waals surface area (Å²) in [5.74, 6) is 2.94. The van der Waals surface area contributed by atoms with Crippen LogP contribution in [0.1, 0.15) is 36.8 Å². The molecule has 0 saturated heterocycles. The smallest absolute Gasteiger partial charge is 0.269 e. The Morgan fingerprint density at radius 3 is 2.15 bits per heavy atom. The Balaban J connectivity index is 1.47. The van der Waals surface area contributed by atoms with Crippen molar-refractivity contribution in [3.63, 3.8) is 0 Å². The zero-order chi connectivity index (χ0) is 23.8. The van der Waals surface area contributed by atoms with Gasteiger partial charge in [0.1, 0.15) is 11.5 Å². The SMILES string of the molecule is NCC1CCC(CN(Cc2ccc([N+](=O)[O-])cc2)Cc2cccc(Oc3ccccc3)c2)CC1. The van der Waals surface area contributed by atoms with Crippen LogP contribution in [0, 0.1) is 22.0 Å². The average molecular weight is 460 g/mol. The summed E-state index contributed by atoms with van der Waals surface area (Å²) in [5, 5.41) is 11.0. The van der Waals surface area contributed by atoms with Gasteiger partial charge in [-0.05, 0) is 79.5 Å². The number of ether oxygens (including phenoxy) is 1. The Kier molecular flexibility index (Phi) is 8.28. The number of nitro benzene ring substituents is 1. The molecule has 178 valence electrons. The highest BCUT2D eigenvalue weighted by atomic mass is 16.6. The Morgan fingerprint density at radius 2 is 1.47 bits per heavy atom. The van der Waals surface area contributed by atoms with Crippen molar-refractivity contribution in [1.82, 2.24) is 4.90 Å². The van der Waals surface area contributed by atoms with Crippen LogP contribution in [0.15, 0.2) is 78.9 Å². The topological polar surface area (TPSA) is 81.6 Å². The van der Waals surface area contributed by atoms with E-state index >= 15 is 0 Å².